The third-order valence-corrected chi connectivity index (χ3v) is 2.80. The van der Waals surface area contributed by atoms with Gasteiger partial charge in [0.15, 0.2) is 0 Å². The first kappa shape index (κ1) is 11.8. The van der Waals surface area contributed by atoms with E-state index in [-0.39, 0.29) is 0 Å². The number of pyridine rings is 1. The highest BCUT2D eigenvalue weighted by Gasteiger charge is 2.14. The van der Waals surface area contributed by atoms with Gasteiger partial charge in [-0.1, -0.05) is 13.0 Å². The molecule has 0 fully saturated rings. The van der Waals surface area contributed by atoms with Gasteiger partial charge in [-0.25, -0.2) is 0 Å². The number of rotatable bonds is 4. The topological polar surface area (TPSA) is 50.9 Å². The summed E-state index contributed by atoms with van der Waals surface area (Å²) < 4.78 is 1.74. The Morgan fingerprint density at radius 1 is 1.35 bits per heavy atom. The van der Waals surface area contributed by atoms with Crippen molar-refractivity contribution < 1.29 is 5.11 Å². The van der Waals surface area contributed by atoms with Crippen molar-refractivity contribution in [3.63, 3.8) is 0 Å². The number of aryl methyl sites for hydroxylation is 2. The van der Waals surface area contributed by atoms with E-state index in [0.29, 0.717) is 6.42 Å². The van der Waals surface area contributed by atoms with E-state index in [1.165, 1.54) is 0 Å². The van der Waals surface area contributed by atoms with Crippen molar-refractivity contribution in [3.05, 3.63) is 47.5 Å². The van der Waals surface area contributed by atoms with Crippen LogP contribution in [0.1, 0.15) is 30.1 Å². The Hall–Kier alpha value is -1.68. The Morgan fingerprint density at radius 3 is 2.76 bits per heavy atom. The van der Waals surface area contributed by atoms with Gasteiger partial charge in [-0.05, 0) is 24.6 Å². The van der Waals surface area contributed by atoms with Gasteiger partial charge in [-0.2, -0.15) is 5.10 Å². The number of aliphatic hydroxyl groups is 1. The molecular weight excluding hydrogens is 214 g/mol. The highest BCUT2D eigenvalue weighted by atomic mass is 16.3. The third-order valence-electron chi connectivity index (χ3n) is 2.80. The van der Waals surface area contributed by atoms with Crippen LogP contribution in [0.15, 0.2) is 30.5 Å². The molecule has 1 N–H and O–H groups in total. The van der Waals surface area contributed by atoms with E-state index in [0.717, 1.165) is 23.5 Å². The molecule has 17 heavy (non-hydrogen) atoms. The average molecular weight is 231 g/mol. The van der Waals surface area contributed by atoms with E-state index in [9.17, 15) is 5.11 Å². The monoisotopic (exact) mass is 231 g/mol. The van der Waals surface area contributed by atoms with Crippen molar-refractivity contribution in [3.8, 4) is 0 Å². The van der Waals surface area contributed by atoms with Gasteiger partial charge < -0.3 is 5.11 Å². The largest absolute Gasteiger partial charge is 0.386 e. The van der Waals surface area contributed by atoms with Gasteiger partial charge in [0, 0.05) is 25.4 Å². The summed E-state index contributed by atoms with van der Waals surface area (Å²) in [6.45, 7) is 2.05. The minimum Gasteiger partial charge on any atom is -0.386 e. The van der Waals surface area contributed by atoms with Gasteiger partial charge in [0.1, 0.15) is 6.10 Å². The molecule has 4 heteroatoms. The summed E-state index contributed by atoms with van der Waals surface area (Å²) in [6, 6.07) is 7.67. The molecule has 0 radical (unpaired) electrons. The molecule has 0 bridgehead atoms. The molecule has 90 valence electrons. The smallest absolute Gasteiger partial charge is 0.101 e. The lowest BCUT2D eigenvalue weighted by molar-refractivity contribution is 0.167. The zero-order chi connectivity index (χ0) is 12.3. The molecule has 0 aliphatic rings. The van der Waals surface area contributed by atoms with Crippen molar-refractivity contribution in [2.24, 2.45) is 7.05 Å². The molecule has 2 aromatic heterocycles. The highest BCUT2D eigenvalue weighted by molar-refractivity contribution is 5.15. The summed E-state index contributed by atoms with van der Waals surface area (Å²) >= 11 is 0. The molecule has 2 heterocycles. The molecular formula is C13H17N3O. The van der Waals surface area contributed by atoms with Crippen LogP contribution in [-0.4, -0.2) is 19.9 Å². The molecule has 2 rings (SSSR count). The van der Waals surface area contributed by atoms with Gasteiger partial charge in [-0.15, -0.1) is 0 Å². The molecule has 0 aliphatic heterocycles. The first-order valence-corrected chi connectivity index (χ1v) is 5.81. The fourth-order valence-electron chi connectivity index (χ4n) is 1.85. The second-order valence-corrected chi connectivity index (χ2v) is 4.08. The summed E-state index contributed by atoms with van der Waals surface area (Å²) in [6.07, 6.45) is 2.58. The predicted molar refractivity (Wildman–Crippen MR) is 65.5 cm³/mol. The van der Waals surface area contributed by atoms with Crippen molar-refractivity contribution in [2.45, 2.75) is 25.9 Å². The highest BCUT2D eigenvalue weighted by Crippen LogP contribution is 2.17. The number of aliphatic hydroxyl groups excluding tert-OH is 1. The lowest BCUT2D eigenvalue weighted by Gasteiger charge is -2.09. The van der Waals surface area contributed by atoms with Crippen LogP contribution >= 0.6 is 0 Å². The summed E-state index contributed by atoms with van der Waals surface area (Å²) in [5.74, 6) is 0. The van der Waals surface area contributed by atoms with Crippen LogP contribution in [0.25, 0.3) is 0 Å². The van der Waals surface area contributed by atoms with Gasteiger partial charge in [0.25, 0.3) is 0 Å². The summed E-state index contributed by atoms with van der Waals surface area (Å²) in [5.41, 5.74) is 2.73. The maximum atomic E-state index is 10.2. The lowest BCUT2D eigenvalue weighted by Crippen LogP contribution is -2.08. The van der Waals surface area contributed by atoms with Crippen LogP contribution in [0, 0.1) is 0 Å². The van der Waals surface area contributed by atoms with Crippen LogP contribution in [0.2, 0.25) is 0 Å². The van der Waals surface area contributed by atoms with Crippen LogP contribution < -0.4 is 0 Å². The van der Waals surface area contributed by atoms with E-state index in [4.69, 9.17) is 0 Å². The maximum absolute atomic E-state index is 10.2. The number of nitrogens with zero attached hydrogens (tertiary/aromatic N) is 3. The lowest BCUT2D eigenvalue weighted by atomic mass is 10.1. The van der Waals surface area contributed by atoms with Gasteiger partial charge in [0.05, 0.1) is 11.4 Å². The minimum absolute atomic E-state index is 0.517. The zero-order valence-corrected chi connectivity index (χ0v) is 10.2. The fraction of sp³-hybridized carbons (Fsp3) is 0.385. The Morgan fingerprint density at radius 2 is 2.18 bits per heavy atom. The SMILES string of the molecule is CCc1cc(C(O)Cc2ccccn2)n(C)n1. The Balaban J connectivity index is 2.14. The molecule has 2 aromatic rings. The third kappa shape index (κ3) is 2.71. The van der Waals surface area contributed by atoms with E-state index in [2.05, 4.69) is 17.0 Å². The second kappa shape index (κ2) is 5.10. The standard InChI is InChI=1S/C13H17N3O/c1-3-10-8-12(16(2)15-10)13(17)9-11-6-4-5-7-14-11/h4-8,13,17H,3,9H2,1-2H3. The minimum atomic E-state index is -0.553. The van der Waals surface area contributed by atoms with Gasteiger partial charge >= 0.3 is 0 Å². The fourth-order valence-corrected chi connectivity index (χ4v) is 1.85. The first-order valence-electron chi connectivity index (χ1n) is 5.81. The van der Waals surface area contributed by atoms with Crippen molar-refractivity contribution in [1.29, 1.82) is 0 Å². The van der Waals surface area contributed by atoms with Gasteiger partial charge in [-0.3, -0.25) is 9.67 Å². The van der Waals surface area contributed by atoms with Crippen LogP contribution in [0.5, 0.6) is 0 Å². The van der Waals surface area contributed by atoms with E-state index < -0.39 is 6.10 Å². The number of aromatic nitrogens is 3. The van der Waals surface area contributed by atoms with Crippen molar-refractivity contribution in [1.82, 2.24) is 14.8 Å². The molecule has 0 saturated carbocycles. The Bertz CT molecular complexity index is 479. The van der Waals surface area contributed by atoms with Crippen LogP contribution in [0.3, 0.4) is 0 Å². The number of hydrogen-bond acceptors (Lipinski definition) is 3. The van der Waals surface area contributed by atoms with Crippen LogP contribution in [0.4, 0.5) is 0 Å². The molecule has 0 aromatic carbocycles. The average Bonchev–Trinajstić information content (AvgIpc) is 2.72. The molecule has 0 aliphatic carbocycles. The molecule has 0 spiro atoms. The normalized spacial score (nSPS) is 12.6. The predicted octanol–water partition coefficient (Wildman–Crippen LogP) is 1.65. The van der Waals surface area contributed by atoms with Crippen LogP contribution in [-0.2, 0) is 19.9 Å². The van der Waals surface area contributed by atoms with Gasteiger partial charge in [0.2, 0.25) is 0 Å². The van der Waals surface area contributed by atoms with E-state index in [1.807, 2.05) is 31.3 Å². The summed E-state index contributed by atoms with van der Waals surface area (Å²) in [4.78, 5) is 4.21. The summed E-state index contributed by atoms with van der Waals surface area (Å²) in [7, 11) is 1.86. The summed E-state index contributed by atoms with van der Waals surface area (Å²) in [5, 5.41) is 14.5. The van der Waals surface area contributed by atoms with Crippen molar-refractivity contribution >= 4 is 0 Å². The molecule has 1 atom stereocenters. The number of hydrogen-bond donors (Lipinski definition) is 1. The van der Waals surface area contributed by atoms with E-state index in [1.54, 1.807) is 10.9 Å². The molecule has 1 unspecified atom stereocenters. The molecule has 0 amide bonds. The quantitative estimate of drug-likeness (QED) is 0.870. The second-order valence-electron chi connectivity index (χ2n) is 4.08. The Kier molecular flexibility index (Phi) is 3.54. The zero-order valence-electron chi connectivity index (χ0n) is 10.2. The maximum Gasteiger partial charge on any atom is 0.101 e. The molecule has 0 saturated heterocycles. The Labute approximate surface area is 101 Å². The molecule has 4 nitrogen and oxygen atoms in total. The van der Waals surface area contributed by atoms with E-state index >= 15 is 0 Å². The van der Waals surface area contributed by atoms with Crippen molar-refractivity contribution in [2.75, 3.05) is 0 Å². The first-order chi connectivity index (χ1) is 8.20.